The standard InChI is InChI=1S/C22H29N3O3/c1-3-24(19-8-5-4-7-17(19)2)15-12-23-21(26)18-10-13-25(14-11-18)22(27)20-9-6-16-28-20/h4-9,16,18H,3,10-15H2,1-2H3,(H,23,26). The van der Waals surface area contributed by atoms with Crippen molar-refractivity contribution in [3.63, 3.8) is 0 Å². The monoisotopic (exact) mass is 383 g/mol. The molecule has 0 radical (unpaired) electrons. The summed E-state index contributed by atoms with van der Waals surface area (Å²) in [4.78, 5) is 28.9. The summed E-state index contributed by atoms with van der Waals surface area (Å²) in [5, 5.41) is 3.08. The molecule has 2 heterocycles. The topological polar surface area (TPSA) is 65.8 Å². The molecule has 0 saturated carbocycles. The van der Waals surface area contributed by atoms with E-state index in [2.05, 4.69) is 36.2 Å². The van der Waals surface area contributed by atoms with E-state index in [1.807, 2.05) is 12.1 Å². The molecule has 0 spiro atoms. The molecule has 0 bridgehead atoms. The van der Waals surface area contributed by atoms with Crippen LogP contribution in [-0.4, -0.2) is 49.4 Å². The number of aryl methyl sites for hydroxylation is 1. The van der Waals surface area contributed by atoms with E-state index >= 15 is 0 Å². The van der Waals surface area contributed by atoms with Crippen molar-refractivity contribution in [3.8, 4) is 0 Å². The van der Waals surface area contributed by atoms with Gasteiger partial charge >= 0.3 is 0 Å². The maximum Gasteiger partial charge on any atom is 0.289 e. The molecule has 6 nitrogen and oxygen atoms in total. The van der Waals surface area contributed by atoms with E-state index in [0.717, 1.165) is 13.1 Å². The van der Waals surface area contributed by atoms with E-state index in [1.54, 1.807) is 17.0 Å². The SMILES string of the molecule is CCN(CCNC(=O)C1CCN(C(=O)c2ccco2)CC1)c1ccccc1C. The highest BCUT2D eigenvalue weighted by Crippen LogP contribution is 2.20. The van der Waals surface area contributed by atoms with Crippen molar-refractivity contribution in [1.29, 1.82) is 0 Å². The molecule has 0 aliphatic carbocycles. The van der Waals surface area contributed by atoms with Crippen molar-refractivity contribution < 1.29 is 14.0 Å². The van der Waals surface area contributed by atoms with Crippen LogP contribution in [0.15, 0.2) is 47.1 Å². The third-order valence-electron chi connectivity index (χ3n) is 5.40. The van der Waals surface area contributed by atoms with Crippen LogP contribution in [0, 0.1) is 12.8 Å². The Morgan fingerprint density at radius 1 is 1.18 bits per heavy atom. The fraction of sp³-hybridized carbons (Fsp3) is 0.455. The van der Waals surface area contributed by atoms with Gasteiger partial charge in [-0.05, 0) is 50.5 Å². The molecule has 1 aromatic heterocycles. The lowest BCUT2D eigenvalue weighted by Crippen LogP contribution is -2.44. The van der Waals surface area contributed by atoms with Crippen LogP contribution >= 0.6 is 0 Å². The zero-order chi connectivity index (χ0) is 19.9. The summed E-state index contributed by atoms with van der Waals surface area (Å²) >= 11 is 0. The first-order chi connectivity index (χ1) is 13.6. The predicted octanol–water partition coefficient (Wildman–Crippen LogP) is 3.08. The Balaban J connectivity index is 1.43. The van der Waals surface area contributed by atoms with Crippen molar-refractivity contribution >= 4 is 17.5 Å². The maximum atomic E-state index is 12.5. The molecule has 3 rings (SSSR count). The smallest absolute Gasteiger partial charge is 0.289 e. The molecule has 1 fully saturated rings. The molecule has 0 atom stereocenters. The molecule has 1 aromatic carbocycles. The average Bonchev–Trinajstić information content (AvgIpc) is 3.26. The van der Waals surface area contributed by atoms with Gasteiger partial charge in [0.15, 0.2) is 5.76 Å². The van der Waals surface area contributed by atoms with Crippen LogP contribution in [0.25, 0.3) is 0 Å². The van der Waals surface area contributed by atoms with Gasteiger partial charge in [-0.1, -0.05) is 18.2 Å². The second-order valence-electron chi connectivity index (χ2n) is 7.20. The highest BCUT2D eigenvalue weighted by Gasteiger charge is 2.28. The molecule has 150 valence electrons. The van der Waals surface area contributed by atoms with E-state index in [4.69, 9.17) is 4.42 Å². The lowest BCUT2D eigenvalue weighted by atomic mass is 9.95. The largest absolute Gasteiger partial charge is 0.459 e. The van der Waals surface area contributed by atoms with Gasteiger partial charge in [0, 0.05) is 44.3 Å². The Labute approximate surface area is 166 Å². The second kappa shape index (κ2) is 9.44. The Morgan fingerprint density at radius 3 is 2.57 bits per heavy atom. The van der Waals surface area contributed by atoms with Gasteiger partial charge in [0.25, 0.3) is 5.91 Å². The summed E-state index contributed by atoms with van der Waals surface area (Å²) < 4.78 is 5.18. The van der Waals surface area contributed by atoms with Crippen LogP contribution in [0.3, 0.4) is 0 Å². The van der Waals surface area contributed by atoms with Crippen LogP contribution in [0.1, 0.15) is 35.9 Å². The van der Waals surface area contributed by atoms with Gasteiger partial charge in [-0.3, -0.25) is 9.59 Å². The maximum absolute atomic E-state index is 12.5. The number of nitrogens with zero attached hydrogens (tertiary/aromatic N) is 2. The number of carbonyl (C=O) groups excluding carboxylic acids is 2. The van der Waals surface area contributed by atoms with Gasteiger partial charge in [-0.2, -0.15) is 0 Å². The average molecular weight is 383 g/mol. The van der Waals surface area contributed by atoms with E-state index < -0.39 is 0 Å². The molecule has 1 aliphatic rings. The van der Waals surface area contributed by atoms with Crippen LogP contribution in [0.2, 0.25) is 0 Å². The minimum absolute atomic E-state index is 0.0332. The zero-order valence-electron chi connectivity index (χ0n) is 16.7. The summed E-state index contributed by atoms with van der Waals surface area (Å²) in [5.41, 5.74) is 2.45. The number of hydrogen-bond donors (Lipinski definition) is 1. The number of rotatable bonds is 7. The lowest BCUT2D eigenvalue weighted by molar-refractivity contribution is -0.126. The molecule has 0 unspecified atom stereocenters. The number of anilines is 1. The number of benzene rings is 1. The highest BCUT2D eigenvalue weighted by atomic mass is 16.3. The van der Waals surface area contributed by atoms with Gasteiger partial charge in [-0.25, -0.2) is 0 Å². The number of likely N-dealkylation sites (N-methyl/N-ethyl adjacent to an activating group) is 1. The third kappa shape index (κ3) is 4.74. The molecular weight excluding hydrogens is 354 g/mol. The molecule has 2 amide bonds. The number of nitrogens with one attached hydrogen (secondary N) is 1. The van der Waals surface area contributed by atoms with Crippen molar-refractivity contribution in [2.45, 2.75) is 26.7 Å². The van der Waals surface area contributed by atoms with Gasteiger partial charge in [0.1, 0.15) is 0 Å². The molecule has 6 heteroatoms. The van der Waals surface area contributed by atoms with E-state index in [-0.39, 0.29) is 17.7 Å². The normalized spacial score (nSPS) is 14.7. The second-order valence-corrected chi connectivity index (χ2v) is 7.20. The van der Waals surface area contributed by atoms with Crippen molar-refractivity contribution in [2.75, 3.05) is 37.6 Å². The molecule has 1 saturated heterocycles. The van der Waals surface area contributed by atoms with Gasteiger partial charge in [0.2, 0.25) is 5.91 Å². The number of hydrogen-bond acceptors (Lipinski definition) is 4. The minimum atomic E-state index is -0.0966. The lowest BCUT2D eigenvalue weighted by Gasteiger charge is -2.31. The molecule has 28 heavy (non-hydrogen) atoms. The fourth-order valence-corrected chi connectivity index (χ4v) is 3.73. The Morgan fingerprint density at radius 2 is 1.93 bits per heavy atom. The quantitative estimate of drug-likeness (QED) is 0.798. The Hall–Kier alpha value is -2.76. The van der Waals surface area contributed by atoms with E-state index in [0.29, 0.717) is 38.2 Å². The number of likely N-dealkylation sites (tertiary alicyclic amines) is 1. The van der Waals surface area contributed by atoms with Gasteiger partial charge in [0.05, 0.1) is 6.26 Å². The number of amides is 2. The Kier molecular flexibility index (Phi) is 6.74. The van der Waals surface area contributed by atoms with Crippen LogP contribution in [-0.2, 0) is 4.79 Å². The highest BCUT2D eigenvalue weighted by molar-refractivity contribution is 5.91. The predicted molar refractivity (Wildman–Crippen MR) is 109 cm³/mol. The van der Waals surface area contributed by atoms with E-state index in [1.165, 1.54) is 17.5 Å². The van der Waals surface area contributed by atoms with Crippen molar-refractivity contribution in [1.82, 2.24) is 10.2 Å². The first-order valence-electron chi connectivity index (χ1n) is 10.0. The number of furan rings is 1. The first-order valence-corrected chi connectivity index (χ1v) is 10.0. The van der Waals surface area contributed by atoms with Crippen molar-refractivity contribution in [2.24, 2.45) is 5.92 Å². The number of piperidine rings is 1. The minimum Gasteiger partial charge on any atom is -0.459 e. The summed E-state index contributed by atoms with van der Waals surface area (Å²) in [6.45, 7) is 7.70. The molecule has 1 aliphatic heterocycles. The molecular formula is C22H29N3O3. The van der Waals surface area contributed by atoms with Crippen LogP contribution in [0.5, 0.6) is 0 Å². The van der Waals surface area contributed by atoms with Crippen molar-refractivity contribution in [3.05, 3.63) is 54.0 Å². The number of para-hydroxylation sites is 1. The summed E-state index contributed by atoms with van der Waals surface area (Å²) in [7, 11) is 0. The number of carbonyl (C=O) groups is 2. The van der Waals surface area contributed by atoms with Crippen LogP contribution in [0.4, 0.5) is 5.69 Å². The summed E-state index contributed by atoms with van der Waals surface area (Å²) in [6.07, 6.45) is 2.88. The first kappa shape index (κ1) is 20.0. The summed E-state index contributed by atoms with van der Waals surface area (Å²) in [6, 6.07) is 11.7. The molecule has 2 aromatic rings. The third-order valence-corrected chi connectivity index (χ3v) is 5.40. The van der Waals surface area contributed by atoms with Gasteiger partial charge < -0.3 is 19.5 Å². The zero-order valence-corrected chi connectivity index (χ0v) is 16.7. The molecule has 1 N–H and O–H groups in total. The Bertz CT molecular complexity index is 780. The van der Waals surface area contributed by atoms with Gasteiger partial charge in [-0.15, -0.1) is 0 Å². The summed E-state index contributed by atoms with van der Waals surface area (Å²) in [5.74, 6) is 0.319. The van der Waals surface area contributed by atoms with E-state index in [9.17, 15) is 9.59 Å². The van der Waals surface area contributed by atoms with Crippen LogP contribution < -0.4 is 10.2 Å². The fourth-order valence-electron chi connectivity index (χ4n) is 3.73.